The van der Waals surface area contributed by atoms with Crippen molar-refractivity contribution in [2.75, 3.05) is 44.8 Å². The van der Waals surface area contributed by atoms with Crippen molar-refractivity contribution in [1.82, 2.24) is 10.2 Å². The molecule has 1 unspecified atom stereocenters. The van der Waals surface area contributed by atoms with Crippen molar-refractivity contribution in [3.05, 3.63) is 64.7 Å². The Morgan fingerprint density at radius 1 is 1.08 bits per heavy atom. The number of ether oxygens (including phenoxy) is 2. The monoisotopic (exact) mass is 557 g/mol. The first-order valence-electron chi connectivity index (χ1n) is 12.7. The summed E-state index contributed by atoms with van der Waals surface area (Å²) in [5, 5.41) is 19.4. The molecule has 4 aliphatic rings. The number of hydrogen-bond donors (Lipinski definition) is 3. The summed E-state index contributed by atoms with van der Waals surface area (Å²) in [5.41, 5.74) is 2.55. The predicted octanol–water partition coefficient (Wildman–Crippen LogP) is 3.28. The fourth-order valence-corrected chi connectivity index (χ4v) is 5.36. The van der Waals surface area contributed by atoms with Gasteiger partial charge in [0.25, 0.3) is 5.91 Å². The maximum Gasteiger partial charge on any atom is 0.328 e. The molecule has 11 heteroatoms. The minimum atomic E-state index is -1.26. The highest BCUT2D eigenvalue weighted by molar-refractivity contribution is 6.31. The van der Waals surface area contributed by atoms with Gasteiger partial charge in [-0.25, -0.2) is 9.59 Å². The van der Waals surface area contributed by atoms with Crippen LogP contribution >= 0.6 is 11.6 Å². The third kappa shape index (κ3) is 7.42. The van der Waals surface area contributed by atoms with Gasteiger partial charge in [0, 0.05) is 36.3 Å². The maximum atomic E-state index is 13.2. The van der Waals surface area contributed by atoms with Crippen molar-refractivity contribution in [2.24, 2.45) is 5.92 Å². The number of nitrogens with one attached hydrogen (secondary N) is 1. The zero-order chi connectivity index (χ0) is 27.9. The van der Waals surface area contributed by atoms with Gasteiger partial charge in [-0.15, -0.1) is 0 Å². The molecule has 0 spiro atoms. The van der Waals surface area contributed by atoms with Crippen LogP contribution in [0, 0.1) is 5.92 Å². The molecule has 2 bridgehead atoms. The number of carbonyl (C=O) groups is 3. The number of rotatable bonds is 7. The number of aliphatic carboxylic acids is 2. The Kier molecular flexibility index (Phi) is 9.32. The van der Waals surface area contributed by atoms with Gasteiger partial charge in [0.15, 0.2) is 5.75 Å². The highest BCUT2D eigenvalue weighted by atomic mass is 35.5. The number of piperidine rings is 3. The summed E-state index contributed by atoms with van der Waals surface area (Å²) in [6.07, 6.45) is 3.43. The van der Waals surface area contributed by atoms with Gasteiger partial charge in [0.1, 0.15) is 12.4 Å². The smallest absolute Gasteiger partial charge is 0.328 e. The third-order valence-corrected chi connectivity index (χ3v) is 7.32. The van der Waals surface area contributed by atoms with E-state index in [2.05, 4.69) is 27.2 Å². The summed E-state index contributed by atoms with van der Waals surface area (Å²) in [7, 11) is 1.66. The predicted molar refractivity (Wildman–Crippen MR) is 146 cm³/mol. The number of methoxy groups -OCH3 is 1. The largest absolute Gasteiger partial charge is 0.497 e. The van der Waals surface area contributed by atoms with Gasteiger partial charge in [0.05, 0.1) is 24.9 Å². The van der Waals surface area contributed by atoms with Gasteiger partial charge in [-0.05, 0) is 61.7 Å². The lowest BCUT2D eigenvalue weighted by Gasteiger charge is -2.45. The molecule has 39 heavy (non-hydrogen) atoms. The van der Waals surface area contributed by atoms with Crippen LogP contribution < -0.4 is 19.7 Å². The lowest BCUT2D eigenvalue weighted by Crippen LogP contribution is -2.57. The average molecular weight is 558 g/mol. The number of fused-ring (bicyclic) bond motifs is 4. The highest BCUT2D eigenvalue weighted by Gasteiger charge is 2.36. The molecule has 6 rings (SSSR count). The minimum absolute atomic E-state index is 0.0937. The van der Waals surface area contributed by atoms with Crippen LogP contribution in [0.3, 0.4) is 0 Å². The second kappa shape index (κ2) is 12.9. The van der Waals surface area contributed by atoms with E-state index in [1.807, 2.05) is 18.2 Å². The molecule has 0 saturated carbocycles. The van der Waals surface area contributed by atoms with E-state index in [1.165, 1.54) is 0 Å². The second-order valence-corrected chi connectivity index (χ2v) is 10.1. The van der Waals surface area contributed by atoms with Crippen LogP contribution in [0.15, 0.2) is 48.6 Å². The number of halogens is 1. The molecule has 208 valence electrons. The zero-order valence-electron chi connectivity index (χ0n) is 21.6. The topological polar surface area (TPSA) is 129 Å². The number of nitrogens with zero attached hydrogens (tertiary/aromatic N) is 2. The van der Waals surface area contributed by atoms with E-state index in [0.717, 1.165) is 56.0 Å². The second-order valence-electron chi connectivity index (χ2n) is 9.65. The van der Waals surface area contributed by atoms with Gasteiger partial charge >= 0.3 is 11.9 Å². The molecule has 0 aromatic heterocycles. The van der Waals surface area contributed by atoms with Crippen LogP contribution in [0.2, 0.25) is 5.02 Å². The van der Waals surface area contributed by atoms with Crippen molar-refractivity contribution in [1.29, 1.82) is 0 Å². The van der Waals surface area contributed by atoms with Crippen molar-refractivity contribution in [3.63, 3.8) is 0 Å². The fraction of sp³-hybridized carbons (Fsp3) is 0.393. The average Bonchev–Trinajstić information content (AvgIpc) is 2.93. The molecule has 3 fully saturated rings. The van der Waals surface area contributed by atoms with Crippen molar-refractivity contribution in [3.8, 4) is 11.5 Å². The number of carboxylic acid groups (broad SMARTS) is 2. The Morgan fingerprint density at radius 3 is 2.31 bits per heavy atom. The molecular weight excluding hydrogens is 526 g/mol. The number of benzene rings is 2. The maximum absolute atomic E-state index is 13.2. The van der Waals surface area contributed by atoms with Crippen LogP contribution in [0.5, 0.6) is 11.5 Å². The van der Waals surface area contributed by atoms with Crippen LogP contribution in [0.1, 0.15) is 28.8 Å². The van der Waals surface area contributed by atoms with Crippen LogP contribution in [0.25, 0.3) is 0 Å². The third-order valence-electron chi connectivity index (χ3n) is 7.10. The summed E-state index contributed by atoms with van der Waals surface area (Å²) >= 11 is 6.45. The number of amides is 1. The van der Waals surface area contributed by atoms with E-state index >= 15 is 0 Å². The van der Waals surface area contributed by atoms with E-state index in [9.17, 15) is 14.4 Å². The molecule has 4 heterocycles. The first-order valence-corrected chi connectivity index (χ1v) is 13.1. The number of carbonyl (C=O) groups excluding carboxylic acids is 1. The number of hydrogen-bond acceptors (Lipinski definition) is 7. The Morgan fingerprint density at radius 2 is 1.74 bits per heavy atom. The standard InChI is InChI=1S/C24H28ClN3O3.C4H4O4/c1-30-19-4-2-16(3-5-19)14-28-10-11-31-23-20(12-18(25)13-22(23)28)24(29)26-21-15-27-8-6-17(21)7-9-27;5-3(6)1-2-4(7)8/h2-5,12-13,17,21H,6-11,14-15H2,1H3,(H,26,29);1-2H,(H,5,6)(H,7,8). The molecule has 0 radical (unpaired) electrons. The molecule has 4 aliphatic heterocycles. The Labute approximate surface area is 231 Å². The van der Waals surface area contributed by atoms with E-state index in [-0.39, 0.29) is 11.9 Å². The molecule has 3 N–H and O–H groups in total. The normalized spacial score (nSPS) is 21.3. The molecule has 1 amide bonds. The van der Waals surface area contributed by atoms with Crippen LogP contribution in [0.4, 0.5) is 5.69 Å². The van der Waals surface area contributed by atoms with Crippen molar-refractivity contribution >= 4 is 35.1 Å². The minimum Gasteiger partial charge on any atom is -0.497 e. The first kappa shape index (κ1) is 28.3. The highest BCUT2D eigenvalue weighted by Crippen LogP contribution is 2.39. The summed E-state index contributed by atoms with van der Waals surface area (Å²) in [6, 6.07) is 11.9. The molecule has 2 aromatic rings. The van der Waals surface area contributed by atoms with Gasteiger partial charge < -0.3 is 34.8 Å². The quantitative estimate of drug-likeness (QED) is 0.439. The summed E-state index contributed by atoms with van der Waals surface area (Å²) < 4.78 is 11.3. The molecule has 2 aromatic carbocycles. The van der Waals surface area contributed by atoms with E-state index < -0.39 is 11.9 Å². The van der Waals surface area contributed by atoms with Crippen LogP contribution in [-0.4, -0.2) is 78.9 Å². The SMILES string of the molecule is COc1ccc(CN2CCOc3c(C(=O)NC4CN5CCC4CC5)cc(Cl)cc32)cc1.O=C(O)C=CC(=O)O. The van der Waals surface area contributed by atoms with Gasteiger partial charge in [-0.1, -0.05) is 23.7 Å². The number of anilines is 1. The van der Waals surface area contributed by atoms with E-state index in [4.69, 9.17) is 31.3 Å². The van der Waals surface area contributed by atoms with Crippen molar-refractivity contribution < 1.29 is 34.1 Å². The van der Waals surface area contributed by atoms with Crippen molar-refractivity contribution in [2.45, 2.75) is 25.4 Å². The molecular formula is C28H32ClN3O7. The zero-order valence-corrected chi connectivity index (χ0v) is 22.4. The summed E-state index contributed by atoms with van der Waals surface area (Å²) in [5.74, 6) is -0.580. The Bertz CT molecular complexity index is 1210. The fourth-order valence-electron chi connectivity index (χ4n) is 5.15. The first-order chi connectivity index (χ1) is 18.7. The van der Waals surface area contributed by atoms with E-state index in [0.29, 0.717) is 47.6 Å². The number of carboxylic acids is 2. The molecule has 10 nitrogen and oxygen atoms in total. The Balaban J connectivity index is 0.000000386. The summed E-state index contributed by atoms with van der Waals surface area (Å²) in [6.45, 7) is 5.20. The lowest BCUT2D eigenvalue weighted by atomic mass is 9.84. The molecule has 3 saturated heterocycles. The molecule has 1 atom stereocenters. The van der Waals surface area contributed by atoms with Gasteiger partial charge in [0.2, 0.25) is 0 Å². The summed E-state index contributed by atoms with van der Waals surface area (Å²) in [4.78, 5) is 37.0. The molecule has 0 aliphatic carbocycles. The lowest BCUT2D eigenvalue weighted by molar-refractivity contribution is -0.134. The Hall–Kier alpha value is -3.76. The van der Waals surface area contributed by atoms with Crippen LogP contribution in [-0.2, 0) is 16.1 Å². The van der Waals surface area contributed by atoms with Gasteiger partial charge in [-0.2, -0.15) is 0 Å². The van der Waals surface area contributed by atoms with Gasteiger partial charge in [-0.3, -0.25) is 4.79 Å². The van der Waals surface area contributed by atoms with E-state index in [1.54, 1.807) is 13.2 Å².